The molecule has 0 bridgehead atoms. The molecule has 241 valence electrons. The van der Waals surface area contributed by atoms with E-state index in [1.807, 2.05) is 36.7 Å². The summed E-state index contributed by atoms with van der Waals surface area (Å²) in [5.74, 6) is 0. The fraction of sp³-hybridized carbons (Fsp3) is 0.0930. The van der Waals surface area contributed by atoms with Crippen molar-refractivity contribution in [2.24, 2.45) is 0 Å². The van der Waals surface area contributed by atoms with Crippen molar-refractivity contribution in [3.8, 4) is 33.8 Å². The Bertz CT molecular complexity index is 2620. The second-order valence-corrected chi connectivity index (χ2v) is 12.4. The molecule has 49 heavy (non-hydrogen) atoms. The molecule has 0 N–H and O–H groups in total. The molecule has 0 aliphatic heterocycles. The minimum Gasteiger partial charge on any atom is -0.574 e. The van der Waals surface area contributed by atoms with Gasteiger partial charge in [-0.05, 0) is 102 Å². The number of rotatable bonds is 3. The van der Waals surface area contributed by atoms with Gasteiger partial charge in [0, 0.05) is 55.2 Å². The normalized spacial score (nSPS) is 11.1. The Morgan fingerprint density at radius 1 is 0.571 bits per heavy atom. The van der Waals surface area contributed by atoms with E-state index in [1.54, 1.807) is 6.20 Å². The Kier molecular flexibility index (Phi) is 8.68. The van der Waals surface area contributed by atoms with Crippen LogP contribution in [-0.2, 0) is 20.1 Å². The number of benzene rings is 5. The van der Waals surface area contributed by atoms with Gasteiger partial charge in [-0.3, -0.25) is 4.98 Å². The van der Waals surface area contributed by atoms with Crippen LogP contribution in [-0.4, -0.2) is 15.1 Å². The van der Waals surface area contributed by atoms with E-state index in [-0.39, 0.29) is 20.1 Å². The van der Waals surface area contributed by atoms with Gasteiger partial charge in [-0.1, -0.05) is 88.9 Å². The molecule has 0 saturated heterocycles. The van der Waals surface area contributed by atoms with Crippen molar-refractivity contribution in [2.45, 2.75) is 27.7 Å². The molecule has 0 fully saturated rings. The number of hydrogen-bond donors (Lipinski definition) is 0. The molecule has 0 saturated carbocycles. The average molecular weight is 813 g/mol. The summed E-state index contributed by atoms with van der Waals surface area (Å²) in [4.78, 5) is 8.99. The first kappa shape index (κ1) is 32.1. The van der Waals surface area contributed by atoms with Gasteiger partial charge >= 0.3 is 0 Å². The van der Waals surface area contributed by atoms with Crippen molar-refractivity contribution < 1.29 is 24.5 Å². The predicted octanol–water partition coefficient (Wildman–Crippen LogP) is 10.8. The first-order valence-electron chi connectivity index (χ1n) is 16.0. The molecule has 0 unspecified atom stereocenters. The number of furan rings is 1. The van der Waals surface area contributed by atoms with Crippen LogP contribution in [0, 0.1) is 33.8 Å². The van der Waals surface area contributed by atoms with Crippen LogP contribution in [0.25, 0.3) is 77.3 Å². The second kappa shape index (κ2) is 13.2. The molecule has 9 rings (SSSR count). The quantitative estimate of drug-likeness (QED) is 0.131. The number of aryl methyl sites for hydroxylation is 4. The standard InChI is InChI=1S/C27H18NO.C16H14N3.Ir/c1-16-12-25(28-15-17(16)2)23-9-5-8-21-22-11-10-20-13-18-6-3-4-7-19(18)14-24(20)27(22)29-26(21)23;1-11-3-4-13(9-12(11)2)14-5-7-17-16(10-14)15-6-8-18-19-15;/h3-8,10-15H,1-2H3;3-10H,1-2H3;/q2*-1;. The number of nitrogens with zero attached hydrogens (tertiary/aromatic N) is 4. The van der Waals surface area contributed by atoms with E-state index in [0.29, 0.717) is 0 Å². The van der Waals surface area contributed by atoms with Crippen molar-refractivity contribution >= 4 is 43.5 Å². The smallest absolute Gasteiger partial charge is 0.128 e. The molecule has 0 aliphatic carbocycles. The van der Waals surface area contributed by atoms with E-state index in [4.69, 9.17) is 4.42 Å². The third kappa shape index (κ3) is 6.06. The van der Waals surface area contributed by atoms with Crippen LogP contribution in [0.3, 0.4) is 0 Å². The van der Waals surface area contributed by atoms with Crippen LogP contribution < -0.4 is 5.10 Å². The summed E-state index contributed by atoms with van der Waals surface area (Å²) < 4.78 is 6.50. The molecule has 0 spiro atoms. The number of fused-ring (bicyclic) bond motifs is 6. The van der Waals surface area contributed by atoms with Gasteiger partial charge in [0.1, 0.15) is 5.58 Å². The van der Waals surface area contributed by atoms with Gasteiger partial charge in [-0.25, -0.2) is 0 Å². The molecule has 0 amide bonds. The van der Waals surface area contributed by atoms with Crippen LogP contribution in [0.15, 0.2) is 126 Å². The molecule has 6 heteroatoms. The molecule has 4 aromatic heterocycles. The first-order chi connectivity index (χ1) is 23.4. The number of pyridine rings is 2. The maximum atomic E-state index is 6.50. The van der Waals surface area contributed by atoms with Crippen LogP contribution in [0.5, 0.6) is 0 Å². The molecule has 0 atom stereocenters. The van der Waals surface area contributed by atoms with Crippen LogP contribution >= 0.6 is 0 Å². The summed E-state index contributed by atoms with van der Waals surface area (Å²) in [6, 6.07) is 39.2. The molecule has 5 aromatic carbocycles. The predicted molar refractivity (Wildman–Crippen MR) is 196 cm³/mol. The van der Waals surface area contributed by atoms with Crippen molar-refractivity contribution in [3.05, 3.63) is 150 Å². The Morgan fingerprint density at radius 2 is 1.35 bits per heavy atom. The van der Waals surface area contributed by atoms with Gasteiger partial charge in [0.25, 0.3) is 0 Å². The molecular weight excluding hydrogens is 781 g/mol. The maximum absolute atomic E-state index is 6.50. The van der Waals surface area contributed by atoms with E-state index in [9.17, 15) is 0 Å². The van der Waals surface area contributed by atoms with Crippen molar-refractivity contribution in [3.63, 3.8) is 0 Å². The van der Waals surface area contributed by atoms with E-state index in [0.717, 1.165) is 55.5 Å². The molecule has 0 aliphatic rings. The van der Waals surface area contributed by atoms with Crippen molar-refractivity contribution in [1.82, 2.24) is 20.2 Å². The molecule has 9 aromatic rings. The SMILES string of the molecule is Cc1ccc(-c2ccnc(-c3ccn[n-]3)c2)cc1C.Cc1cnc(-c2[c-]ccc3c2oc2c4cc5ccccc5cc4ccc32)cc1C.[Ir]. The van der Waals surface area contributed by atoms with Crippen molar-refractivity contribution in [2.75, 3.05) is 0 Å². The van der Waals surface area contributed by atoms with Gasteiger partial charge in [0.15, 0.2) is 0 Å². The third-order valence-corrected chi connectivity index (χ3v) is 9.24. The van der Waals surface area contributed by atoms with Gasteiger partial charge < -0.3 is 19.6 Å². The topological polar surface area (TPSA) is 65.9 Å². The van der Waals surface area contributed by atoms with E-state index < -0.39 is 0 Å². The summed E-state index contributed by atoms with van der Waals surface area (Å²) in [5, 5.41) is 14.9. The number of hydrogen-bond acceptors (Lipinski definition) is 4. The fourth-order valence-corrected chi connectivity index (χ4v) is 6.20. The third-order valence-electron chi connectivity index (χ3n) is 9.24. The zero-order valence-corrected chi connectivity index (χ0v) is 30.0. The Hall–Kier alpha value is -5.42. The number of aromatic nitrogens is 4. The largest absolute Gasteiger partial charge is 0.574 e. The minimum atomic E-state index is 0. The monoisotopic (exact) mass is 813 g/mol. The molecule has 5 nitrogen and oxygen atoms in total. The zero-order chi connectivity index (χ0) is 32.8. The fourth-order valence-electron chi connectivity index (χ4n) is 6.20. The zero-order valence-electron chi connectivity index (χ0n) is 27.6. The maximum Gasteiger partial charge on any atom is 0.128 e. The van der Waals surface area contributed by atoms with Crippen LogP contribution in [0.1, 0.15) is 22.3 Å². The van der Waals surface area contributed by atoms with Gasteiger partial charge in [-0.15, -0.1) is 18.2 Å². The van der Waals surface area contributed by atoms with Gasteiger partial charge in [0.05, 0.1) is 5.58 Å². The van der Waals surface area contributed by atoms with E-state index in [1.165, 1.54) is 44.0 Å². The summed E-state index contributed by atoms with van der Waals surface area (Å²) >= 11 is 0. The Balaban J connectivity index is 0.000000165. The van der Waals surface area contributed by atoms with Crippen LogP contribution in [0.2, 0.25) is 0 Å². The van der Waals surface area contributed by atoms with E-state index >= 15 is 0 Å². The van der Waals surface area contributed by atoms with Crippen LogP contribution in [0.4, 0.5) is 0 Å². The van der Waals surface area contributed by atoms with E-state index in [2.05, 4.69) is 133 Å². The Morgan fingerprint density at radius 3 is 2.12 bits per heavy atom. The average Bonchev–Trinajstić information content (AvgIpc) is 3.79. The minimum absolute atomic E-state index is 0. The summed E-state index contributed by atoms with van der Waals surface area (Å²) in [5.41, 5.74) is 12.6. The molecule has 4 heterocycles. The van der Waals surface area contributed by atoms with Crippen molar-refractivity contribution in [1.29, 1.82) is 0 Å². The second-order valence-electron chi connectivity index (χ2n) is 12.4. The molecular formula is C43H32IrN4O-2. The summed E-state index contributed by atoms with van der Waals surface area (Å²) in [6.07, 6.45) is 5.41. The first-order valence-corrected chi connectivity index (χ1v) is 16.0. The summed E-state index contributed by atoms with van der Waals surface area (Å²) in [6.45, 7) is 8.44. The molecule has 1 radical (unpaired) electrons. The van der Waals surface area contributed by atoms with Gasteiger partial charge in [-0.2, -0.15) is 0 Å². The summed E-state index contributed by atoms with van der Waals surface area (Å²) in [7, 11) is 0. The Labute approximate surface area is 298 Å². The van der Waals surface area contributed by atoms with Gasteiger partial charge in [0.2, 0.25) is 0 Å².